The van der Waals surface area contributed by atoms with Crippen molar-refractivity contribution in [1.82, 2.24) is 4.90 Å². The number of nitrogens with zero attached hydrogens (tertiary/aromatic N) is 2. The minimum atomic E-state index is -0.104. The zero-order valence-electron chi connectivity index (χ0n) is 16.2. The molecule has 1 amide bonds. The zero-order valence-corrected chi connectivity index (χ0v) is 16.2. The standard InChI is InChI=1S/C22H30N2O3/c1-2-18(27)24-17-7-9-21(11-14-25)8-4-12-23-13-10-22(17,20(21)23)15-5-3-6-16(26)19(15)24/h3,5-6,17,20,25-26H,2,4,7-14H2,1H3/t17-,20-,21-,22-/m1/s1. The van der Waals surface area contributed by atoms with E-state index in [1.54, 1.807) is 6.07 Å². The van der Waals surface area contributed by atoms with Gasteiger partial charge in [-0.3, -0.25) is 9.69 Å². The lowest BCUT2D eigenvalue weighted by Gasteiger charge is -2.58. The number of phenols is 1. The summed E-state index contributed by atoms with van der Waals surface area (Å²) in [6.45, 7) is 4.31. The normalized spacial score (nSPS) is 37.0. The van der Waals surface area contributed by atoms with E-state index in [1.807, 2.05) is 17.9 Å². The summed E-state index contributed by atoms with van der Waals surface area (Å²) < 4.78 is 0. The molecule has 1 saturated carbocycles. The van der Waals surface area contributed by atoms with Gasteiger partial charge in [-0.2, -0.15) is 0 Å². The third-order valence-corrected chi connectivity index (χ3v) is 8.13. The van der Waals surface area contributed by atoms with Crippen LogP contribution >= 0.6 is 0 Å². The van der Waals surface area contributed by atoms with Crippen molar-refractivity contribution in [2.45, 2.75) is 69.4 Å². The molecular formula is C22H30N2O3. The average Bonchev–Trinajstić information content (AvgIpc) is 3.21. The van der Waals surface area contributed by atoms with Crippen LogP contribution in [0.4, 0.5) is 5.69 Å². The van der Waals surface area contributed by atoms with Crippen molar-refractivity contribution in [2.75, 3.05) is 24.6 Å². The molecule has 146 valence electrons. The molecule has 3 heterocycles. The minimum absolute atomic E-state index is 0.104. The van der Waals surface area contributed by atoms with Crippen molar-refractivity contribution < 1.29 is 15.0 Å². The van der Waals surface area contributed by atoms with Gasteiger partial charge in [0.15, 0.2) is 0 Å². The smallest absolute Gasteiger partial charge is 0.227 e. The fraction of sp³-hybridized carbons (Fsp3) is 0.682. The summed E-state index contributed by atoms with van der Waals surface area (Å²) in [5.41, 5.74) is 1.97. The molecule has 0 radical (unpaired) electrons. The molecule has 2 saturated heterocycles. The van der Waals surface area contributed by atoms with Gasteiger partial charge in [-0.25, -0.2) is 0 Å². The fourth-order valence-corrected chi connectivity index (χ4v) is 7.37. The number of benzene rings is 1. The predicted molar refractivity (Wildman–Crippen MR) is 104 cm³/mol. The molecule has 1 aromatic carbocycles. The number of rotatable bonds is 3. The lowest BCUT2D eigenvalue weighted by atomic mass is 9.52. The SMILES string of the molecule is CCC(=O)N1c2c(O)cccc2[C@]23CCN4CCC[C@](CCO)(CC[C@@H]12)[C@@H]43. The van der Waals surface area contributed by atoms with E-state index < -0.39 is 0 Å². The highest BCUT2D eigenvalue weighted by molar-refractivity contribution is 5.99. The van der Waals surface area contributed by atoms with Crippen molar-refractivity contribution in [3.8, 4) is 5.75 Å². The van der Waals surface area contributed by atoms with Crippen molar-refractivity contribution in [2.24, 2.45) is 5.41 Å². The lowest BCUT2D eigenvalue weighted by molar-refractivity contribution is -0.120. The second-order valence-corrected chi connectivity index (χ2v) is 9.01. The Hall–Kier alpha value is -1.59. The number of aromatic hydroxyl groups is 1. The first-order chi connectivity index (χ1) is 13.1. The number of carbonyl (C=O) groups excluding carboxylic acids is 1. The third kappa shape index (κ3) is 2.05. The Morgan fingerprint density at radius 2 is 2.11 bits per heavy atom. The number of piperidine rings is 1. The summed E-state index contributed by atoms with van der Waals surface area (Å²) in [5, 5.41) is 20.6. The van der Waals surface area contributed by atoms with Gasteiger partial charge in [0, 0.05) is 30.5 Å². The predicted octanol–water partition coefficient (Wildman–Crippen LogP) is 2.79. The Bertz CT molecular complexity index is 777. The Kier molecular flexibility index (Phi) is 3.86. The van der Waals surface area contributed by atoms with Gasteiger partial charge in [0.2, 0.25) is 5.91 Å². The van der Waals surface area contributed by atoms with Gasteiger partial charge < -0.3 is 15.1 Å². The summed E-state index contributed by atoms with van der Waals surface area (Å²) >= 11 is 0. The number of para-hydroxylation sites is 1. The van der Waals surface area contributed by atoms with Crippen molar-refractivity contribution in [1.29, 1.82) is 0 Å². The van der Waals surface area contributed by atoms with Crippen LogP contribution in [0, 0.1) is 5.41 Å². The Morgan fingerprint density at radius 1 is 1.26 bits per heavy atom. The highest BCUT2D eigenvalue weighted by atomic mass is 16.3. The van der Waals surface area contributed by atoms with Crippen molar-refractivity contribution >= 4 is 11.6 Å². The molecule has 5 rings (SSSR count). The Labute approximate surface area is 161 Å². The van der Waals surface area contributed by atoms with E-state index in [2.05, 4.69) is 11.0 Å². The highest BCUT2D eigenvalue weighted by Gasteiger charge is 2.68. The number of aliphatic hydroxyl groups is 1. The highest BCUT2D eigenvalue weighted by Crippen LogP contribution is 2.66. The maximum Gasteiger partial charge on any atom is 0.227 e. The topological polar surface area (TPSA) is 64.0 Å². The van der Waals surface area contributed by atoms with Crippen LogP contribution in [0.2, 0.25) is 0 Å². The summed E-state index contributed by atoms with van der Waals surface area (Å²) in [5.74, 6) is 0.351. The maximum atomic E-state index is 13.0. The van der Waals surface area contributed by atoms with E-state index in [9.17, 15) is 15.0 Å². The summed E-state index contributed by atoms with van der Waals surface area (Å²) in [6.07, 6.45) is 6.73. The number of amides is 1. The second kappa shape index (κ2) is 5.95. The molecule has 0 bridgehead atoms. The minimum Gasteiger partial charge on any atom is -0.506 e. The van der Waals surface area contributed by atoms with Gasteiger partial charge in [-0.05, 0) is 68.7 Å². The van der Waals surface area contributed by atoms with Crippen LogP contribution in [0.15, 0.2) is 18.2 Å². The number of aliphatic hydroxyl groups excluding tert-OH is 1. The van der Waals surface area contributed by atoms with Crippen LogP contribution < -0.4 is 4.90 Å². The molecule has 2 N–H and O–H groups in total. The largest absolute Gasteiger partial charge is 0.506 e. The molecule has 0 unspecified atom stereocenters. The molecule has 1 aromatic rings. The first-order valence-corrected chi connectivity index (χ1v) is 10.6. The first-order valence-electron chi connectivity index (χ1n) is 10.6. The van der Waals surface area contributed by atoms with Crippen LogP contribution in [0.1, 0.15) is 57.4 Å². The Balaban J connectivity index is 1.73. The van der Waals surface area contributed by atoms with E-state index in [1.165, 1.54) is 18.4 Å². The average molecular weight is 370 g/mol. The summed E-state index contributed by atoms with van der Waals surface area (Å²) in [6, 6.07) is 6.30. The molecule has 1 aliphatic carbocycles. The number of phenolic OH excluding ortho intramolecular Hbond substituents is 1. The quantitative estimate of drug-likeness (QED) is 0.859. The molecule has 3 fully saturated rings. The van der Waals surface area contributed by atoms with Crippen LogP contribution in [-0.4, -0.2) is 52.8 Å². The van der Waals surface area contributed by atoms with Crippen LogP contribution in [-0.2, 0) is 10.2 Å². The lowest BCUT2D eigenvalue weighted by Crippen LogP contribution is -2.65. The van der Waals surface area contributed by atoms with Crippen LogP contribution in [0.3, 0.4) is 0 Å². The molecule has 5 heteroatoms. The zero-order chi connectivity index (χ0) is 18.8. The molecule has 4 atom stereocenters. The van der Waals surface area contributed by atoms with Crippen molar-refractivity contribution in [3.05, 3.63) is 23.8 Å². The summed E-state index contributed by atoms with van der Waals surface area (Å²) in [4.78, 5) is 17.6. The third-order valence-electron chi connectivity index (χ3n) is 8.13. The second-order valence-electron chi connectivity index (χ2n) is 9.01. The van der Waals surface area contributed by atoms with Gasteiger partial charge in [-0.15, -0.1) is 0 Å². The van der Waals surface area contributed by atoms with Crippen LogP contribution in [0.25, 0.3) is 0 Å². The molecule has 3 aliphatic heterocycles. The van der Waals surface area contributed by atoms with E-state index in [0.717, 1.165) is 44.5 Å². The Morgan fingerprint density at radius 3 is 2.89 bits per heavy atom. The number of fused-ring (bicyclic) bond motifs is 1. The molecule has 5 nitrogen and oxygen atoms in total. The van der Waals surface area contributed by atoms with E-state index >= 15 is 0 Å². The molecular weight excluding hydrogens is 340 g/mol. The van der Waals surface area contributed by atoms with E-state index in [-0.39, 0.29) is 35.1 Å². The number of hydrogen-bond acceptors (Lipinski definition) is 4. The van der Waals surface area contributed by atoms with E-state index in [4.69, 9.17) is 0 Å². The molecule has 4 aliphatic rings. The first kappa shape index (κ1) is 17.5. The van der Waals surface area contributed by atoms with Gasteiger partial charge in [0.1, 0.15) is 5.75 Å². The van der Waals surface area contributed by atoms with Gasteiger partial charge in [0.05, 0.1) is 5.69 Å². The summed E-state index contributed by atoms with van der Waals surface area (Å²) in [7, 11) is 0. The van der Waals surface area contributed by atoms with Crippen molar-refractivity contribution in [3.63, 3.8) is 0 Å². The van der Waals surface area contributed by atoms with Gasteiger partial charge >= 0.3 is 0 Å². The van der Waals surface area contributed by atoms with Gasteiger partial charge in [-0.1, -0.05) is 19.1 Å². The fourth-order valence-electron chi connectivity index (χ4n) is 7.37. The molecule has 1 spiro atoms. The van der Waals surface area contributed by atoms with Gasteiger partial charge in [0.25, 0.3) is 0 Å². The number of anilines is 1. The molecule has 27 heavy (non-hydrogen) atoms. The van der Waals surface area contributed by atoms with E-state index in [0.29, 0.717) is 12.5 Å². The maximum absolute atomic E-state index is 13.0. The number of hydrogen-bond donors (Lipinski definition) is 2. The van der Waals surface area contributed by atoms with Crippen LogP contribution in [0.5, 0.6) is 5.75 Å². The monoisotopic (exact) mass is 370 g/mol. The number of carbonyl (C=O) groups is 1. The molecule has 0 aromatic heterocycles.